The number of hydrogen-bond donors (Lipinski definition) is 1. The largest absolute Gasteiger partial charge is 0.338 e. The predicted molar refractivity (Wildman–Crippen MR) is 65.0 cm³/mol. The molecule has 2 saturated carbocycles. The Labute approximate surface area is 98.4 Å². The molecule has 2 N–H and O–H groups in total. The molecule has 2 aliphatic rings. The highest BCUT2D eigenvalue weighted by atomic mass is 16.2. The molecular weight excluding hydrogens is 200 g/mol. The van der Waals surface area contributed by atoms with E-state index < -0.39 is 0 Å². The number of rotatable bonds is 4. The van der Waals surface area contributed by atoms with Crippen LogP contribution >= 0.6 is 0 Å². The molecule has 1 amide bonds. The average molecular weight is 224 g/mol. The Balaban J connectivity index is 1.89. The van der Waals surface area contributed by atoms with Crippen LogP contribution in [0.2, 0.25) is 0 Å². The Hall–Kier alpha value is -0.570. The number of nitrogens with zero attached hydrogens (tertiary/aromatic N) is 1. The summed E-state index contributed by atoms with van der Waals surface area (Å²) in [7, 11) is 0. The minimum Gasteiger partial charge on any atom is -0.338 e. The van der Waals surface area contributed by atoms with Crippen LogP contribution in [0.4, 0.5) is 0 Å². The van der Waals surface area contributed by atoms with Crippen molar-refractivity contribution in [2.75, 3.05) is 6.54 Å². The Bertz CT molecular complexity index is 242. The highest BCUT2D eigenvalue weighted by Crippen LogP contribution is 2.31. The second kappa shape index (κ2) is 5.17. The van der Waals surface area contributed by atoms with Gasteiger partial charge in [-0.15, -0.1) is 0 Å². The highest BCUT2D eigenvalue weighted by molar-refractivity contribution is 5.81. The van der Waals surface area contributed by atoms with Gasteiger partial charge < -0.3 is 10.6 Å². The van der Waals surface area contributed by atoms with E-state index in [0.717, 1.165) is 12.5 Å². The molecule has 0 aromatic carbocycles. The van der Waals surface area contributed by atoms with Crippen LogP contribution in [0.1, 0.15) is 51.9 Å². The molecule has 0 aromatic rings. The van der Waals surface area contributed by atoms with Crippen molar-refractivity contribution in [3.8, 4) is 0 Å². The normalized spacial score (nSPS) is 24.1. The van der Waals surface area contributed by atoms with E-state index in [9.17, 15) is 4.79 Å². The number of amides is 1. The van der Waals surface area contributed by atoms with Crippen LogP contribution in [0.3, 0.4) is 0 Å². The van der Waals surface area contributed by atoms with Crippen molar-refractivity contribution in [3.05, 3.63) is 0 Å². The smallest absolute Gasteiger partial charge is 0.239 e. The molecule has 92 valence electrons. The minimum atomic E-state index is -0.329. The summed E-state index contributed by atoms with van der Waals surface area (Å²) < 4.78 is 0. The first-order chi connectivity index (χ1) is 7.68. The molecule has 1 atom stereocenters. The van der Waals surface area contributed by atoms with Crippen LogP contribution in [0, 0.1) is 5.92 Å². The molecule has 0 unspecified atom stereocenters. The van der Waals surface area contributed by atoms with Gasteiger partial charge in [-0.25, -0.2) is 0 Å². The standard InChI is InChI=1S/C13H24N2O/c1-10(14)13(16)15(12-7-8-12)9-11-5-3-2-4-6-11/h10-12H,2-9,14H2,1H3/t10-/m0/s1. The number of carbonyl (C=O) groups excluding carboxylic acids is 1. The van der Waals surface area contributed by atoms with Gasteiger partial charge in [-0.3, -0.25) is 4.79 Å². The first-order valence-corrected chi connectivity index (χ1v) is 6.74. The van der Waals surface area contributed by atoms with E-state index in [4.69, 9.17) is 5.73 Å². The first kappa shape index (κ1) is 11.9. The Morgan fingerprint density at radius 2 is 1.88 bits per heavy atom. The van der Waals surface area contributed by atoms with Crippen molar-refractivity contribution < 1.29 is 4.79 Å². The van der Waals surface area contributed by atoms with Crippen LogP contribution < -0.4 is 5.73 Å². The number of nitrogens with two attached hydrogens (primary N) is 1. The van der Waals surface area contributed by atoms with Gasteiger partial charge in [0, 0.05) is 12.6 Å². The minimum absolute atomic E-state index is 0.160. The zero-order valence-electron chi connectivity index (χ0n) is 10.3. The fourth-order valence-electron chi connectivity index (χ4n) is 2.71. The molecule has 0 aliphatic heterocycles. The van der Waals surface area contributed by atoms with Gasteiger partial charge in [0.05, 0.1) is 6.04 Å². The maximum atomic E-state index is 12.0. The summed E-state index contributed by atoms with van der Waals surface area (Å²) in [5, 5.41) is 0. The lowest BCUT2D eigenvalue weighted by Crippen LogP contribution is -2.45. The Morgan fingerprint density at radius 3 is 2.38 bits per heavy atom. The molecule has 0 heterocycles. The van der Waals surface area contributed by atoms with E-state index in [1.54, 1.807) is 6.92 Å². The third-order valence-corrected chi connectivity index (χ3v) is 3.84. The van der Waals surface area contributed by atoms with E-state index in [1.165, 1.54) is 44.9 Å². The van der Waals surface area contributed by atoms with Gasteiger partial charge in [0.25, 0.3) is 0 Å². The van der Waals surface area contributed by atoms with Crippen molar-refractivity contribution in [2.45, 2.75) is 64.0 Å². The molecule has 2 rings (SSSR count). The molecule has 0 radical (unpaired) electrons. The van der Waals surface area contributed by atoms with Gasteiger partial charge in [0.15, 0.2) is 0 Å². The fraction of sp³-hybridized carbons (Fsp3) is 0.923. The zero-order chi connectivity index (χ0) is 11.5. The summed E-state index contributed by atoms with van der Waals surface area (Å²) in [5.41, 5.74) is 5.72. The second-order valence-corrected chi connectivity index (χ2v) is 5.51. The number of hydrogen-bond acceptors (Lipinski definition) is 2. The maximum absolute atomic E-state index is 12.0. The third kappa shape index (κ3) is 2.97. The van der Waals surface area contributed by atoms with Crippen molar-refractivity contribution in [2.24, 2.45) is 11.7 Å². The lowest BCUT2D eigenvalue weighted by Gasteiger charge is -2.31. The second-order valence-electron chi connectivity index (χ2n) is 5.51. The summed E-state index contributed by atoms with van der Waals surface area (Å²) >= 11 is 0. The molecular formula is C13H24N2O. The van der Waals surface area contributed by atoms with Crippen LogP contribution in [-0.2, 0) is 4.79 Å². The molecule has 3 nitrogen and oxygen atoms in total. The van der Waals surface area contributed by atoms with Crippen molar-refractivity contribution in [1.82, 2.24) is 4.90 Å². The average Bonchev–Trinajstić information content (AvgIpc) is 3.10. The van der Waals surface area contributed by atoms with Crippen LogP contribution in [0.15, 0.2) is 0 Å². The highest BCUT2D eigenvalue weighted by Gasteiger charge is 2.35. The van der Waals surface area contributed by atoms with Gasteiger partial charge >= 0.3 is 0 Å². The first-order valence-electron chi connectivity index (χ1n) is 6.74. The summed E-state index contributed by atoms with van der Waals surface area (Å²) in [5.74, 6) is 0.894. The van der Waals surface area contributed by atoms with Gasteiger partial charge in [0.1, 0.15) is 0 Å². The lowest BCUT2D eigenvalue weighted by atomic mass is 9.89. The van der Waals surface area contributed by atoms with Crippen LogP contribution in [0.25, 0.3) is 0 Å². The van der Waals surface area contributed by atoms with E-state index >= 15 is 0 Å². The summed E-state index contributed by atoms with van der Waals surface area (Å²) in [6.07, 6.45) is 9.04. The zero-order valence-corrected chi connectivity index (χ0v) is 10.3. The van der Waals surface area contributed by atoms with Crippen molar-refractivity contribution in [3.63, 3.8) is 0 Å². The molecule has 0 saturated heterocycles. The van der Waals surface area contributed by atoms with Gasteiger partial charge in [-0.2, -0.15) is 0 Å². The SMILES string of the molecule is C[C@H](N)C(=O)N(CC1CCCCC1)C1CC1. The topological polar surface area (TPSA) is 46.3 Å². The van der Waals surface area contributed by atoms with Gasteiger partial charge in [-0.05, 0) is 38.5 Å². The lowest BCUT2D eigenvalue weighted by molar-refractivity contribution is -0.133. The van der Waals surface area contributed by atoms with Gasteiger partial charge in [-0.1, -0.05) is 19.3 Å². The molecule has 0 bridgehead atoms. The van der Waals surface area contributed by atoms with Crippen molar-refractivity contribution in [1.29, 1.82) is 0 Å². The molecule has 2 fully saturated rings. The quantitative estimate of drug-likeness (QED) is 0.793. The summed E-state index contributed by atoms with van der Waals surface area (Å²) in [6, 6.07) is 0.185. The fourth-order valence-corrected chi connectivity index (χ4v) is 2.71. The van der Waals surface area contributed by atoms with Crippen LogP contribution in [-0.4, -0.2) is 29.4 Å². The predicted octanol–water partition coefficient (Wildman–Crippen LogP) is 1.90. The maximum Gasteiger partial charge on any atom is 0.239 e. The third-order valence-electron chi connectivity index (χ3n) is 3.84. The molecule has 16 heavy (non-hydrogen) atoms. The number of carbonyl (C=O) groups is 1. The molecule has 0 spiro atoms. The van der Waals surface area contributed by atoms with E-state index in [2.05, 4.69) is 4.90 Å². The van der Waals surface area contributed by atoms with Gasteiger partial charge in [0.2, 0.25) is 5.91 Å². The Kier molecular flexibility index (Phi) is 3.85. The summed E-state index contributed by atoms with van der Waals surface area (Å²) in [4.78, 5) is 14.1. The Morgan fingerprint density at radius 1 is 1.25 bits per heavy atom. The van der Waals surface area contributed by atoms with E-state index in [-0.39, 0.29) is 11.9 Å². The molecule has 3 heteroatoms. The monoisotopic (exact) mass is 224 g/mol. The van der Waals surface area contributed by atoms with E-state index in [0.29, 0.717) is 6.04 Å². The molecule has 2 aliphatic carbocycles. The molecule has 0 aromatic heterocycles. The van der Waals surface area contributed by atoms with E-state index in [1.807, 2.05) is 0 Å². The van der Waals surface area contributed by atoms with Crippen molar-refractivity contribution >= 4 is 5.91 Å². The summed E-state index contributed by atoms with van der Waals surface area (Å²) in [6.45, 7) is 2.77. The van der Waals surface area contributed by atoms with Crippen LogP contribution in [0.5, 0.6) is 0 Å².